The zero-order valence-corrected chi connectivity index (χ0v) is 18.7. The summed E-state index contributed by atoms with van der Waals surface area (Å²) < 4.78 is 12.5. The fraction of sp³-hybridized carbons (Fsp3) is 0.200. The van der Waals surface area contributed by atoms with Crippen molar-refractivity contribution in [2.75, 3.05) is 6.61 Å². The van der Waals surface area contributed by atoms with Crippen LogP contribution in [0.1, 0.15) is 25.6 Å². The Balaban J connectivity index is 1.99. The van der Waals surface area contributed by atoms with Crippen LogP contribution in [0.2, 0.25) is 10.0 Å². The van der Waals surface area contributed by atoms with Crippen molar-refractivity contribution in [3.05, 3.63) is 77.4 Å². The van der Waals surface area contributed by atoms with Crippen molar-refractivity contribution < 1.29 is 14.3 Å². The molecule has 3 rings (SSSR count). The second kappa shape index (κ2) is 9.72. The largest absolute Gasteiger partial charge is 0.464 e. The van der Waals surface area contributed by atoms with E-state index in [1.165, 1.54) is 37.4 Å². The quantitative estimate of drug-likeness (QED) is 0.515. The van der Waals surface area contributed by atoms with Crippen molar-refractivity contribution >= 4 is 29.2 Å². The summed E-state index contributed by atoms with van der Waals surface area (Å²) in [6.07, 6.45) is 1.30. The second-order valence-corrected chi connectivity index (χ2v) is 7.32. The molecule has 170 valence electrons. The van der Waals surface area contributed by atoms with Crippen LogP contribution in [0.3, 0.4) is 0 Å². The lowest BCUT2D eigenvalue weighted by Gasteiger charge is -2.16. The Morgan fingerprint density at radius 1 is 1.24 bits per heavy atom. The number of aromatic amines is 1. The van der Waals surface area contributed by atoms with Gasteiger partial charge >= 0.3 is 11.7 Å². The van der Waals surface area contributed by atoms with Gasteiger partial charge in [-0.15, -0.1) is 5.10 Å². The summed E-state index contributed by atoms with van der Waals surface area (Å²) in [5.41, 5.74) is -2.74. The molecule has 0 amide bonds. The lowest BCUT2D eigenvalue weighted by Crippen LogP contribution is -2.33. The van der Waals surface area contributed by atoms with E-state index in [0.717, 1.165) is 9.25 Å². The average molecular weight is 492 g/mol. The van der Waals surface area contributed by atoms with Crippen LogP contribution in [0.4, 0.5) is 0 Å². The van der Waals surface area contributed by atoms with Gasteiger partial charge in [-0.25, -0.2) is 9.59 Å². The lowest BCUT2D eigenvalue weighted by atomic mass is 10.3. The summed E-state index contributed by atoms with van der Waals surface area (Å²) >= 11 is 12.6. The second-order valence-electron chi connectivity index (χ2n) is 6.51. The van der Waals surface area contributed by atoms with Gasteiger partial charge in [0.05, 0.1) is 28.5 Å². The van der Waals surface area contributed by atoms with E-state index in [2.05, 4.69) is 5.10 Å². The van der Waals surface area contributed by atoms with E-state index in [1.807, 2.05) is 4.98 Å². The van der Waals surface area contributed by atoms with Crippen LogP contribution in [0, 0.1) is 11.3 Å². The van der Waals surface area contributed by atoms with Crippen molar-refractivity contribution in [3.63, 3.8) is 0 Å². The number of nitrogens with zero attached hydrogens (tertiary/aromatic N) is 4. The molecule has 0 bridgehead atoms. The molecule has 0 radical (unpaired) electrons. The number of ether oxygens (including phenoxy) is 2. The number of nitriles is 1. The molecule has 1 aromatic carbocycles. The molecule has 0 saturated carbocycles. The first kappa shape index (κ1) is 23.8. The van der Waals surface area contributed by atoms with Crippen LogP contribution in [0.5, 0.6) is 11.5 Å². The molecule has 3 aromatic rings. The number of pyridine rings is 1. The summed E-state index contributed by atoms with van der Waals surface area (Å²) in [6.45, 7) is 3.32. The van der Waals surface area contributed by atoms with E-state index in [4.69, 9.17) is 37.9 Å². The number of rotatable bonds is 6. The number of benzene rings is 1. The Labute approximate surface area is 195 Å². The van der Waals surface area contributed by atoms with Crippen LogP contribution in [-0.4, -0.2) is 31.9 Å². The molecule has 1 N–H and O–H groups in total. The first-order valence-electron chi connectivity index (χ1n) is 9.36. The van der Waals surface area contributed by atoms with E-state index in [-0.39, 0.29) is 33.8 Å². The van der Waals surface area contributed by atoms with Crippen LogP contribution >= 0.6 is 23.2 Å². The molecule has 0 aliphatic carbocycles. The van der Waals surface area contributed by atoms with Gasteiger partial charge < -0.3 is 9.47 Å². The van der Waals surface area contributed by atoms with Gasteiger partial charge in [-0.05, 0) is 32.0 Å². The molecule has 0 aliphatic rings. The van der Waals surface area contributed by atoms with Crippen LogP contribution < -0.4 is 21.5 Å². The number of esters is 1. The van der Waals surface area contributed by atoms with Crippen LogP contribution in [-0.2, 0) is 9.53 Å². The summed E-state index contributed by atoms with van der Waals surface area (Å²) in [6, 6.07) is 5.81. The van der Waals surface area contributed by atoms with E-state index in [9.17, 15) is 19.2 Å². The SMILES string of the molecule is CCOC(=O)C(C)n1cc(Oc2c(Cl)cc(-n3nc(C#N)c(=O)[nH]c3=O)cc2Cl)ccc1=O. The molecule has 11 nitrogen and oxygen atoms in total. The molecule has 1 atom stereocenters. The Morgan fingerprint density at radius 2 is 1.91 bits per heavy atom. The minimum absolute atomic E-state index is 0.00551. The molecule has 0 saturated heterocycles. The van der Waals surface area contributed by atoms with Gasteiger partial charge in [0.25, 0.3) is 11.1 Å². The van der Waals surface area contributed by atoms with Gasteiger partial charge in [-0.3, -0.25) is 19.1 Å². The standard InChI is InChI=1S/C20H15Cl2N5O6/c1-3-32-19(30)10(2)26-9-12(4-5-16(26)28)33-17-13(21)6-11(7-14(17)22)27-20(31)24-18(29)15(8-23)25-27/h4-7,9-10H,3H2,1-2H3,(H,24,29,31). The minimum Gasteiger partial charge on any atom is -0.464 e. The number of nitrogens with one attached hydrogen (secondary N) is 1. The molecule has 1 unspecified atom stereocenters. The maximum atomic E-state index is 12.2. The lowest BCUT2D eigenvalue weighted by molar-refractivity contribution is -0.146. The van der Waals surface area contributed by atoms with E-state index in [1.54, 1.807) is 13.0 Å². The van der Waals surface area contributed by atoms with Crippen molar-refractivity contribution in [1.82, 2.24) is 19.3 Å². The normalized spacial score (nSPS) is 11.5. The van der Waals surface area contributed by atoms with E-state index < -0.39 is 34.5 Å². The smallest absolute Gasteiger partial charge is 0.349 e. The topological polar surface area (TPSA) is 149 Å². The summed E-state index contributed by atoms with van der Waals surface area (Å²) in [4.78, 5) is 49.8. The predicted molar refractivity (Wildman–Crippen MR) is 117 cm³/mol. The van der Waals surface area contributed by atoms with Gasteiger partial charge in [0.1, 0.15) is 17.9 Å². The molecule has 13 heteroatoms. The highest BCUT2D eigenvalue weighted by Gasteiger charge is 2.19. The highest BCUT2D eigenvalue weighted by Crippen LogP contribution is 2.38. The molecule has 2 heterocycles. The summed E-state index contributed by atoms with van der Waals surface area (Å²) in [5.74, 6) is -0.449. The van der Waals surface area contributed by atoms with Crippen molar-refractivity contribution in [2.24, 2.45) is 0 Å². The van der Waals surface area contributed by atoms with E-state index in [0.29, 0.717) is 0 Å². The maximum absolute atomic E-state index is 12.2. The number of hydrogen-bond donors (Lipinski definition) is 1. The molecule has 0 spiro atoms. The molecular formula is C20H15Cl2N5O6. The zero-order chi connectivity index (χ0) is 24.3. The Hall–Kier alpha value is -3.88. The third-order valence-electron chi connectivity index (χ3n) is 4.34. The summed E-state index contributed by atoms with van der Waals surface area (Å²) in [5, 5.41) is 12.6. The van der Waals surface area contributed by atoms with Gasteiger partial charge in [0.2, 0.25) is 5.69 Å². The van der Waals surface area contributed by atoms with Crippen molar-refractivity contribution in [3.8, 4) is 23.3 Å². The van der Waals surface area contributed by atoms with Gasteiger partial charge in [0.15, 0.2) is 5.75 Å². The fourth-order valence-electron chi connectivity index (χ4n) is 2.76. The third kappa shape index (κ3) is 4.97. The zero-order valence-electron chi connectivity index (χ0n) is 17.2. The van der Waals surface area contributed by atoms with Gasteiger partial charge in [-0.1, -0.05) is 23.2 Å². The number of H-pyrrole nitrogens is 1. The molecule has 2 aromatic heterocycles. The van der Waals surface area contributed by atoms with Crippen molar-refractivity contribution in [2.45, 2.75) is 19.9 Å². The monoisotopic (exact) mass is 491 g/mol. The fourth-order valence-corrected chi connectivity index (χ4v) is 3.31. The third-order valence-corrected chi connectivity index (χ3v) is 4.90. The highest BCUT2D eigenvalue weighted by molar-refractivity contribution is 6.37. The first-order chi connectivity index (χ1) is 15.7. The van der Waals surface area contributed by atoms with Crippen molar-refractivity contribution in [1.29, 1.82) is 5.26 Å². The molecule has 0 fully saturated rings. The number of carbonyl (C=O) groups excluding carboxylic acids is 1. The van der Waals surface area contributed by atoms with E-state index >= 15 is 0 Å². The Kier molecular flexibility index (Phi) is 7.01. The predicted octanol–water partition coefficient (Wildman–Crippen LogP) is 2.18. The summed E-state index contributed by atoms with van der Waals surface area (Å²) in [7, 11) is 0. The first-order valence-corrected chi connectivity index (χ1v) is 10.1. The molecule has 33 heavy (non-hydrogen) atoms. The van der Waals surface area contributed by atoms with Crippen LogP contribution in [0.25, 0.3) is 5.69 Å². The van der Waals surface area contributed by atoms with Crippen LogP contribution in [0.15, 0.2) is 44.8 Å². The molecular weight excluding hydrogens is 477 g/mol. The Morgan fingerprint density at radius 3 is 2.52 bits per heavy atom. The van der Waals surface area contributed by atoms with Gasteiger partial charge in [0, 0.05) is 6.07 Å². The number of hydrogen-bond acceptors (Lipinski definition) is 8. The Bertz CT molecular complexity index is 1430. The minimum atomic E-state index is -0.928. The van der Waals surface area contributed by atoms with Gasteiger partial charge in [-0.2, -0.15) is 9.94 Å². The number of halogens is 2. The maximum Gasteiger partial charge on any atom is 0.349 e. The average Bonchev–Trinajstić information content (AvgIpc) is 2.77. The highest BCUT2D eigenvalue weighted by atomic mass is 35.5. The number of aromatic nitrogens is 4. The number of carbonyl (C=O) groups is 1. The molecule has 0 aliphatic heterocycles.